The molecule has 0 aromatic rings. The van der Waals surface area contributed by atoms with Crippen molar-refractivity contribution in [3.05, 3.63) is 16.9 Å². The zero-order chi connectivity index (χ0) is 7.98. The van der Waals surface area contributed by atoms with Crippen LogP contribution in [0.5, 0.6) is 0 Å². The molecule has 10 heavy (non-hydrogen) atoms. The monoisotopic (exact) mass is 138 g/mol. The van der Waals surface area contributed by atoms with Crippen molar-refractivity contribution in [2.45, 2.75) is 47.0 Å². The molecule has 0 bridgehead atoms. The number of hydrogen-bond acceptors (Lipinski definition) is 0. The van der Waals surface area contributed by atoms with Gasteiger partial charge in [-0.25, -0.2) is 0 Å². The van der Waals surface area contributed by atoms with Crippen molar-refractivity contribution < 1.29 is 0 Å². The van der Waals surface area contributed by atoms with E-state index in [4.69, 9.17) is 0 Å². The maximum atomic E-state index is 3.31. The average molecular weight is 138 g/mol. The van der Waals surface area contributed by atoms with E-state index in [0.717, 1.165) is 0 Å². The van der Waals surface area contributed by atoms with E-state index >= 15 is 0 Å². The standard InChI is InChI=1S/C10H18/c1-5-6-7-10(4)8-9(2)3/h5-7H2,1-4H3. The Bertz CT molecular complexity index is 141. The Labute approximate surface area is 64.6 Å². The van der Waals surface area contributed by atoms with Gasteiger partial charge in [-0.2, -0.15) is 0 Å². The summed E-state index contributed by atoms with van der Waals surface area (Å²) in [7, 11) is 0. The molecule has 0 aromatic heterocycles. The fraction of sp³-hybridized carbons (Fsp3) is 0.700. The average Bonchev–Trinajstić information content (AvgIpc) is 1.82. The first-order valence-corrected chi connectivity index (χ1v) is 4.06. The van der Waals surface area contributed by atoms with Crippen molar-refractivity contribution in [3.8, 4) is 0 Å². The Balaban J connectivity index is 3.83. The van der Waals surface area contributed by atoms with Gasteiger partial charge >= 0.3 is 0 Å². The van der Waals surface area contributed by atoms with Crippen LogP contribution in [-0.4, -0.2) is 0 Å². The van der Waals surface area contributed by atoms with Crippen molar-refractivity contribution in [1.29, 1.82) is 0 Å². The van der Waals surface area contributed by atoms with Crippen molar-refractivity contribution in [1.82, 2.24) is 0 Å². The molecule has 58 valence electrons. The molecule has 0 atom stereocenters. The van der Waals surface area contributed by atoms with E-state index in [0.29, 0.717) is 0 Å². The molecule has 0 nitrogen and oxygen atoms in total. The van der Waals surface area contributed by atoms with Gasteiger partial charge < -0.3 is 0 Å². The molecule has 0 saturated carbocycles. The fourth-order valence-electron chi connectivity index (χ4n) is 0.931. The first kappa shape index (κ1) is 9.52. The van der Waals surface area contributed by atoms with E-state index in [1.165, 1.54) is 30.4 Å². The number of unbranched alkanes of at least 4 members (excludes halogenated alkanes) is 1. The summed E-state index contributed by atoms with van der Waals surface area (Å²) in [5.41, 5.74) is 5.99. The van der Waals surface area contributed by atoms with Crippen LogP contribution in [0.3, 0.4) is 0 Å². The molecular weight excluding hydrogens is 120 g/mol. The molecule has 0 fully saturated rings. The highest BCUT2D eigenvalue weighted by molar-refractivity contribution is 5.03. The summed E-state index contributed by atoms with van der Waals surface area (Å²) in [6.45, 7) is 8.56. The van der Waals surface area contributed by atoms with Crippen LogP contribution in [0.1, 0.15) is 47.0 Å². The van der Waals surface area contributed by atoms with Gasteiger partial charge in [0.25, 0.3) is 0 Å². The largest absolute Gasteiger partial charge is 0.123 e. The molecule has 0 amide bonds. The van der Waals surface area contributed by atoms with Crippen molar-refractivity contribution >= 4 is 0 Å². The molecule has 0 radical (unpaired) electrons. The minimum absolute atomic E-state index is 1.21. The maximum Gasteiger partial charge on any atom is -0.0247 e. The van der Waals surface area contributed by atoms with Gasteiger partial charge in [0.05, 0.1) is 0 Å². The minimum Gasteiger partial charge on any atom is -0.123 e. The van der Waals surface area contributed by atoms with Crippen LogP contribution in [0.4, 0.5) is 0 Å². The Hall–Kier alpha value is -0.480. The van der Waals surface area contributed by atoms with Gasteiger partial charge in [-0.1, -0.05) is 13.3 Å². The van der Waals surface area contributed by atoms with Crippen molar-refractivity contribution in [2.75, 3.05) is 0 Å². The van der Waals surface area contributed by atoms with Crippen LogP contribution < -0.4 is 0 Å². The molecule has 0 aliphatic rings. The fourth-order valence-corrected chi connectivity index (χ4v) is 0.931. The zero-order valence-corrected chi connectivity index (χ0v) is 7.62. The van der Waals surface area contributed by atoms with E-state index < -0.39 is 0 Å². The molecule has 0 saturated heterocycles. The van der Waals surface area contributed by atoms with Crippen LogP contribution in [0.15, 0.2) is 16.9 Å². The van der Waals surface area contributed by atoms with E-state index in [1.807, 2.05) is 0 Å². The third kappa shape index (κ3) is 5.65. The van der Waals surface area contributed by atoms with Gasteiger partial charge in [0.15, 0.2) is 0 Å². The van der Waals surface area contributed by atoms with Crippen LogP contribution in [-0.2, 0) is 0 Å². The van der Waals surface area contributed by atoms with E-state index in [9.17, 15) is 0 Å². The molecule has 0 rings (SSSR count). The molecule has 0 heteroatoms. The van der Waals surface area contributed by atoms with Gasteiger partial charge in [0, 0.05) is 0 Å². The Morgan fingerprint density at radius 3 is 2.20 bits per heavy atom. The Kier molecular flexibility index (Phi) is 5.06. The van der Waals surface area contributed by atoms with Gasteiger partial charge in [-0.15, -0.1) is 5.73 Å². The summed E-state index contributed by atoms with van der Waals surface area (Å²) in [4.78, 5) is 0. The third-order valence-electron chi connectivity index (χ3n) is 1.37. The van der Waals surface area contributed by atoms with Gasteiger partial charge in [0.2, 0.25) is 0 Å². The van der Waals surface area contributed by atoms with Gasteiger partial charge in [-0.3, -0.25) is 0 Å². The van der Waals surface area contributed by atoms with Gasteiger partial charge in [-0.05, 0) is 44.8 Å². The summed E-state index contributed by atoms with van der Waals surface area (Å²) in [5, 5.41) is 0. The lowest BCUT2D eigenvalue weighted by molar-refractivity contribution is 0.788. The number of allylic oxidation sites excluding steroid dienone is 1. The maximum absolute atomic E-state index is 3.31. The highest BCUT2D eigenvalue weighted by Crippen LogP contribution is 2.04. The van der Waals surface area contributed by atoms with Crippen molar-refractivity contribution in [3.63, 3.8) is 0 Å². The van der Waals surface area contributed by atoms with E-state index in [1.54, 1.807) is 0 Å². The van der Waals surface area contributed by atoms with Crippen LogP contribution in [0.2, 0.25) is 0 Å². The summed E-state index contributed by atoms with van der Waals surface area (Å²) < 4.78 is 0. The highest BCUT2D eigenvalue weighted by atomic mass is 13.9. The SMILES string of the molecule is CCCCC(C)=C=C(C)C. The predicted octanol–water partition coefficient (Wildman–Crippen LogP) is 3.69. The first-order chi connectivity index (χ1) is 4.66. The van der Waals surface area contributed by atoms with Crippen molar-refractivity contribution in [2.24, 2.45) is 0 Å². The Morgan fingerprint density at radius 1 is 1.20 bits per heavy atom. The van der Waals surface area contributed by atoms with Crippen LogP contribution >= 0.6 is 0 Å². The quantitative estimate of drug-likeness (QED) is 0.522. The molecule has 0 aliphatic carbocycles. The molecule has 0 heterocycles. The summed E-state index contributed by atoms with van der Waals surface area (Å²) >= 11 is 0. The third-order valence-corrected chi connectivity index (χ3v) is 1.37. The van der Waals surface area contributed by atoms with E-state index in [-0.39, 0.29) is 0 Å². The zero-order valence-electron chi connectivity index (χ0n) is 7.62. The molecule has 0 aliphatic heterocycles. The molecule has 0 aromatic carbocycles. The lowest BCUT2D eigenvalue weighted by Gasteiger charge is -1.93. The van der Waals surface area contributed by atoms with Crippen LogP contribution in [0, 0.1) is 0 Å². The molecule has 0 spiro atoms. The second-order valence-electron chi connectivity index (χ2n) is 3.01. The smallest absolute Gasteiger partial charge is 0.0247 e. The highest BCUT2D eigenvalue weighted by Gasteiger charge is 1.85. The van der Waals surface area contributed by atoms with Gasteiger partial charge in [0.1, 0.15) is 0 Å². The Morgan fingerprint density at radius 2 is 1.80 bits per heavy atom. The normalized spacial score (nSPS) is 8.80. The second kappa shape index (κ2) is 5.32. The lowest BCUT2D eigenvalue weighted by atomic mass is 10.1. The lowest BCUT2D eigenvalue weighted by Crippen LogP contribution is -1.74. The number of rotatable bonds is 3. The molecule has 0 N–H and O–H groups in total. The second-order valence-corrected chi connectivity index (χ2v) is 3.01. The van der Waals surface area contributed by atoms with Crippen LogP contribution in [0.25, 0.3) is 0 Å². The molecular formula is C10H18. The summed E-state index contributed by atoms with van der Waals surface area (Å²) in [6, 6.07) is 0. The first-order valence-electron chi connectivity index (χ1n) is 4.06. The summed E-state index contributed by atoms with van der Waals surface area (Å²) in [6.07, 6.45) is 3.79. The number of hydrogen-bond donors (Lipinski definition) is 0. The topological polar surface area (TPSA) is 0 Å². The van der Waals surface area contributed by atoms with E-state index in [2.05, 4.69) is 33.4 Å². The molecule has 0 unspecified atom stereocenters. The minimum atomic E-state index is 1.21. The predicted molar refractivity (Wildman–Crippen MR) is 47.1 cm³/mol. The summed E-state index contributed by atoms with van der Waals surface area (Å²) in [5.74, 6) is 0.